The lowest BCUT2D eigenvalue weighted by Crippen LogP contribution is -1.83. The standard InChI is InChI=1S/C26H22S/c1-19-6-5-8-23(18-19)21-10-14-24(15-11-21)27-25-16-12-22(13-17-25)26-9-4-3-7-20(26)2/h3-18H,1-2H3. The third kappa shape index (κ3) is 4.15. The quantitative estimate of drug-likeness (QED) is 0.355. The van der Waals surface area contributed by atoms with Gasteiger partial charge in [0.15, 0.2) is 0 Å². The molecule has 132 valence electrons. The molecule has 0 aromatic heterocycles. The first-order chi connectivity index (χ1) is 13.2. The van der Waals surface area contributed by atoms with Gasteiger partial charge in [-0.1, -0.05) is 90.1 Å². The van der Waals surface area contributed by atoms with Crippen molar-refractivity contribution in [1.29, 1.82) is 0 Å². The maximum Gasteiger partial charge on any atom is 0.0122 e. The van der Waals surface area contributed by atoms with Crippen LogP contribution in [0.25, 0.3) is 22.3 Å². The van der Waals surface area contributed by atoms with Crippen LogP contribution in [-0.2, 0) is 0 Å². The molecule has 0 spiro atoms. The Morgan fingerprint density at radius 1 is 0.519 bits per heavy atom. The Kier molecular flexibility index (Phi) is 5.13. The molecular formula is C26H22S. The van der Waals surface area contributed by atoms with Crippen molar-refractivity contribution >= 4 is 11.8 Å². The smallest absolute Gasteiger partial charge is 0.0122 e. The normalized spacial score (nSPS) is 10.7. The highest BCUT2D eigenvalue weighted by Crippen LogP contribution is 2.32. The highest BCUT2D eigenvalue weighted by Gasteiger charge is 2.03. The van der Waals surface area contributed by atoms with Gasteiger partial charge < -0.3 is 0 Å². The molecule has 0 aliphatic heterocycles. The lowest BCUT2D eigenvalue weighted by molar-refractivity contribution is 1.39. The van der Waals surface area contributed by atoms with Gasteiger partial charge in [0.25, 0.3) is 0 Å². The average Bonchev–Trinajstić information content (AvgIpc) is 2.70. The summed E-state index contributed by atoms with van der Waals surface area (Å²) in [5.74, 6) is 0. The van der Waals surface area contributed by atoms with Gasteiger partial charge in [-0.2, -0.15) is 0 Å². The van der Waals surface area contributed by atoms with Crippen LogP contribution in [0.4, 0.5) is 0 Å². The first-order valence-corrected chi connectivity index (χ1v) is 10.0. The molecule has 0 heterocycles. The molecule has 0 amide bonds. The van der Waals surface area contributed by atoms with E-state index in [1.165, 1.54) is 43.2 Å². The summed E-state index contributed by atoms with van der Waals surface area (Å²) in [6.07, 6.45) is 0. The topological polar surface area (TPSA) is 0 Å². The van der Waals surface area contributed by atoms with Gasteiger partial charge in [0.2, 0.25) is 0 Å². The molecule has 0 saturated heterocycles. The lowest BCUT2D eigenvalue weighted by Gasteiger charge is -2.08. The van der Waals surface area contributed by atoms with Crippen LogP contribution in [0.1, 0.15) is 11.1 Å². The molecule has 0 N–H and O–H groups in total. The first kappa shape index (κ1) is 17.6. The number of hydrogen-bond acceptors (Lipinski definition) is 1. The Bertz CT molecular complexity index is 1040. The molecule has 4 aromatic rings. The van der Waals surface area contributed by atoms with Crippen molar-refractivity contribution in [2.75, 3.05) is 0 Å². The minimum absolute atomic E-state index is 1.26. The number of aryl methyl sites for hydroxylation is 2. The van der Waals surface area contributed by atoms with Gasteiger partial charge in [-0.05, 0) is 65.9 Å². The van der Waals surface area contributed by atoms with Crippen LogP contribution in [0.5, 0.6) is 0 Å². The van der Waals surface area contributed by atoms with Crippen molar-refractivity contribution in [3.05, 3.63) is 108 Å². The van der Waals surface area contributed by atoms with Gasteiger partial charge in [0.1, 0.15) is 0 Å². The fourth-order valence-electron chi connectivity index (χ4n) is 3.28. The third-order valence-corrected chi connectivity index (χ3v) is 5.77. The van der Waals surface area contributed by atoms with Crippen LogP contribution < -0.4 is 0 Å². The van der Waals surface area contributed by atoms with E-state index in [0.29, 0.717) is 0 Å². The van der Waals surface area contributed by atoms with Crippen LogP contribution in [0, 0.1) is 13.8 Å². The van der Waals surface area contributed by atoms with E-state index >= 15 is 0 Å². The third-order valence-electron chi connectivity index (χ3n) is 4.75. The molecule has 0 nitrogen and oxygen atoms in total. The van der Waals surface area contributed by atoms with Crippen molar-refractivity contribution in [2.45, 2.75) is 23.6 Å². The first-order valence-electron chi connectivity index (χ1n) is 9.20. The van der Waals surface area contributed by atoms with Crippen molar-refractivity contribution in [2.24, 2.45) is 0 Å². The second kappa shape index (κ2) is 7.85. The van der Waals surface area contributed by atoms with E-state index in [0.717, 1.165) is 0 Å². The molecule has 4 rings (SSSR count). The van der Waals surface area contributed by atoms with E-state index in [1.54, 1.807) is 11.8 Å². The number of benzene rings is 4. The van der Waals surface area contributed by atoms with E-state index in [-0.39, 0.29) is 0 Å². The van der Waals surface area contributed by atoms with Crippen LogP contribution in [0.15, 0.2) is 107 Å². The fraction of sp³-hybridized carbons (Fsp3) is 0.0769. The lowest BCUT2D eigenvalue weighted by atomic mass is 10.0. The van der Waals surface area contributed by atoms with Gasteiger partial charge in [-0.3, -0.25) is 0 Å². The van der Waals surface area contributed by atoms with Gasteiger partial charge in [-0.15, -0.1) is 0 Å². The Labute approximate surface area is 165 Å². The average molecular weight is 367 g/mol. The summed E-state index contributed by atoms with van der Waals surface area (Å²) in [6, 6.07) is 34.8. The Morgan fingerprint density at radius 2 is 1.15 bits per heavy atom. The van der Waals surface area contributed by atoms with E-state index < -0.39 is 0 Å². The largest absolute Gasteiger partial charge is 0.0901 e. The van der Waals surface area contributed by atoms with Crippen molar-refractivity contribution in [3.63, 3.8) is 0 Å². The van der Waals surface area contributed by atoms with Gasteiger partial charge >= 0.3 is 0 Å². The maximum absolute atomic E-state index is 2.23. The molecule has 0 radical (unpaired) electrons. The summed E-state index contributed by atoms with van der Waals surface area (Å²) in [7, 11) is 0. The summed E-state index contributed by atoms with van der Waals surface area (Å²) in [6.45, 7) is 4.29. The molecule has 0 fully saturated rings. The summed E-state index contributed by atoms with van der Waals surface area (Å²) in [4.78, 5) is 2.52. The van der Waals surface area contributed by atoms with Gasteiger partial charge in [-0.25, -0.2) is 0 Å². The molecule has 4 aromatic carbocycles. The number of hydrogen-bond donors (Lipinski definition) is 0. The second-order valence-electron chi connectivity index (χ2n) is 6.84. The molecule has 0 aliphatic rings. The van der Waals surface area contributed by atoms with Gasteiger partial charge in [0.05, 0.1) is 0 Å². The minimum Gasteiger partial charge on any atom is -0.0901 e. The van der Waals surface area contributed by atoms with E-state index in [9.17, 15) is 0 Å². The molecular weight excluding hydrogens is 344 g/mol. The van der Waals surface area contributed by atoms with Crippen LogP contribution >= 0.6 is 11.8 Å². The molecule has 27 heavy (non-hydrogen) atoms. The minimum atomic E-state index is 1.26. The van der Waals surface area contributed by atoms with Crippen LogP contribution in [-0.4, -0.2) is 0 Å². The Morgan fingerprint density at radius 3 is 1.78 bits per heavy atom. The summed E-state index contributed by atoms with van der Waals surface area (Å²) < 4.78 is 0. The molecule has 0 aliphatic carbocycles. The predicted molar refractivity (Wildman–Crippen MR) is 117 cm³/mol. The molecule has 0 bridgehead atoms. The second-order valence-corrected chi connectivity index (χ2v) is 7.98. The Balaban J connectivity index is 1.50. The highest BCUT2D eigenvalue weighted by atomic mass is 32.2. The molecule has 1 heteroatoms. The van der Waals surface area contributed by atoms with Crippen molar-refractivity contribution in [1.82, 2.24) is 0 Å². The summed E-state index contributed by atoms with van der Waals surface area (Å²) in [5, 5.41) is 0. The predicted octanol–water partition coefficient (Wildman–Crippen LogP) is 7.79. The monoisotopic (exact) mass is 366 g/mol. The highest BCUT2D eigenvalue weighted by molar-refractivity contribution is 7.99. The zero-order valence-electron chi connectivity index (χ0n) is 15.6. The molecule has 0 unspecified atom stereocenters. The fourth-order valence-corrected chi connectivity index (χ4v) is 4.09. The Hall–Kier alpha value is -2.77. The SMILES string of the molecule is Cc1cccc(-c2ccc(Sc3ccc(-c4ccccc4C)cc3)cc2)c1. The summed E-state index contributed by atoms with van der Waals surface area (Å²) in [5.41, 5.74) is 7.71. The van der Waals surface area contributed by atoms with Crippen LogP contribution in [0.3, 0.4) is 0 Å². The van der Waals surface area contributed by atoms with E-state index in [1.807, 2.05) is 0 Å². The zero-order chi connectivity index (χ0) is 18.6. The van der Waals surface area contributed by atoms with Crippen LogP contribution in [0.2, 0.25) is 0 Å². The zero-order valence-corrected chi connectivity index (χ0v) is 16.5. The summed E-state index contributed by atoms with van der Waals surface area (Å²) >= 11 is 1.80. The number of rotatable bonds is 4. The van der Waals surface area contributed by atoms with Gasteiger partial charge in [0, 0.05) is 9.79 Å². The van der Waals surface area contributed by atoms with Crippen molar-refractivity contribution < 1.29 is 0 Å². The van der Waals surface area contributed by atoms with E-state index in [4.69, 9.17) is 0 Å². The van der Waals surface area contributed by atoms with Crippen molar-refractivity contribution in [3.8, 4) is 22.3 Å². The van der Waals surface area contributed by atoms with E-state index in [2.05, 4.69) is 111 Å². The maximum atomic E-state index is 2.23. The molecule has 0 atom stereocenters. The molecule has 0 saturated carbocycles.